The highest BCUT2D eigenvalue weighted by atomic mass is 16.4. The van der Waals surface area contributed by atoms with Crippen molar-refractivity contribution in [3.05, 3.63) is 59.6 Å². The van der Waals surface area contributed by atoms with Crippen molar-refractivity contribution < 1.29 is 14.3 Å². The summed E-state index contributed by atoms with van der Waals surface area (Å²) < 4.78 is 7.37. The standard InChI is InChI=1S/C19H21N3O3/c1-13-3-4-15(11-14(13)2)21-18(24)7-9-22-10-8-20-19(22)17-6-5-16(12-23)25-17/h3-6,8,10-11,23H,7,9,12H2,1-2H3,(H,21,24). The molecule has 2 heterocycles. The van der Waals surface area contributed by atoms with Gasteiger partial charge in [0.2, 0.25) is 5.91 Å². The lowest BCUT2D eigenvalue weighted by atomic mass is 10.1. The molecule has 0 aliphatic heterocycles. The van der Waals surface area contributed by atoms with Gasteiger partial charge in [0.25, 0.3) is 0 Å². The fourth-order valence-electron chi connectivity index (χ4n) is 2.56. The highest BCUT2D eigenvalue weighted by Gasteiger charge is 2.12. The second kappa shape index (κ2) is 7.36. The van der Waals surface area contributed by atoms with E-state index in [1.54, 1.807) is 24.5 Å². The molecule has 0 aliphatic rings. The molecule has 1 amide bonds. The summed E-state index contributed by atoms with van der Waals surface area (Å²) in [7, 11) is 0. The van der Waals surface area contributed by atoms with Gasteiger partial charge in [0.1, 0.15) is 12.4 Å². The molecule has 6 nitrogen and oxygen atoms in total. The summed E-state index contributed by atoms with van der Waals surface area (Å²) in [5.74, 6) is 1.64. The molecule has 0 spiro atoms. The van der Waals surface area contributed by atoms with Crippen molar-refractivity contribution >= 4 is 11.6 Å². The van der Waals surface area contributed by atoms with Crippen LogP contribution in [0.1, 0.15) is 23.3 Å². The molecular formula is C19H21N3O3. The maximum Gasteiger partial charge on any atom is 0.226 e. The molecule has 0 radical (unpaired) electrons. The fourth-order valence-corrected chi connectivity index (χ4v) is 2.56. The first kappa shape index (κ1) is 17.0. The van der Waals surface area contributed by atoms with Crippen molar-refractivity contribution in [2.24, 2.45) is 0 Å². The molecule has 0 atom stereocenters. The van der Waals surface area contributed by atoms with Crippen molar-refractivity contribution in [1.82, 2.24) is 9.55 Å². The van der Waals surface area contributed by atoms with Gasteiger partial charge in [-0.2, -0.15) is 0 Å². The third-order valence-corrected chi connectivity index (χ3v) is 4.12. The van der Waals surface area contributed by atoms with Gasteiger partial charge in [-0.15, -0.1) is 0 Å². The molecule has 1 aromatic carbocycles. The van der Waals surface area contributed by atoms with Crippen molar-refractivity contribution in [2.45, 2.75) is 33.4 Å². The van der Waals surface area contributed by atoms with Crippen LogP contribution < -0.4 is 5.32 Å². The minimum absolute atomic E-state index is 0.0570. The van der Waals surface area contributed by atoms with Crippen LogP contribution in [-0.2, 0) is 17.9 Å². The summed E-state index contributed by atoms with van der Waals surface area (Å²) in [5, 5.41) is 12.0. The van der Waals surface area contributed by atoms with E-state index in [0.717, 1.165) is 11.3 Å². The number of rotatable bonds is 6. The zero-order chi connectivity index (χ0) is 17.8. The van der Waals surface area contributed by atoms with Gasteiger partial charge in [0.05, 0.1) is 0 Å². The highest BCUT2D eigenvalue weighted by molar-refractivity contribution is 5.90. The van der Waals surface area contributed by atoms with Crippen molar-refractivity contribution in [2.75, 3.05) is 5.32 Å². The van der Waals surface area contributed by atoms with Gasteiger partial charge in [-0.25, -0.2) is 4.98 Å². The Bertz CT molecular complexity index is 880. The van der Waals surface area contributed by atoms with Crippen molar-refractivity contribution in [3.63, 3.8) is 0 Å². The maximum atomic E-state index is 12.2. The molecule has 0 saturated heterocycles. The molecule has 2 aromatic heterocycles. The molecule has 0 fully saturated rings. The van der Waals surface area contributed by atoms with Gasteiger partial charge in [0, 0.05) is 31.0 Å². The van der Waals surface area contributed by atoms with Crippen LogP contribution in [0.4, 0.5) is 5.69 Å². The normalized spacial score (nSPS) is 10.8. The summed E-state index contributed by atoms with van der Waals surface area (Å²) in [6.45, 7) is 4.39. The first-order valence-electron chi connectivity index (χ1n) is 8.15. The molecule has 0 unspecified atom stereocenters. The number of aryl methyl sites for hydroxylation is 3. The van der Waals surface area contributed by atoms with Gasteiger partial charge in [0.15, 0.2) is 11.6 Å². The van der Waals surface area contributed by atoms with E-state index in [0.29, 0.717) is 30.3 Å². The minimum atomic E-state index is -0.154. The average molecular weight is 339 g/mol. The predicted octanol–water partition coefficient (Wildman–Crippen LogP) is 3.28. The second-order valence-electron chi connectivity index (χ2n) is 5.97. The van der Waals surface area contributed by atoms with Crippen LogP contribution in [0.5, 0.6) is 0 Å². The van der Waals surface area contributed by atoms with Crippen LogP contribution in [0, 0.1) is 13.8 Å². The summed E-state index contributed by atoms with van der Waals surface area (Å²) in [4.78, 5) is 16.5. The smallest absolute Gasteiger partial charge is 0.226 e. The van der Waals surface area contributed by atoms with Crippen LogP contribution in [0.15, 0.2) is 47.1 Å². The van der Waals surface area contributed by atoms with E-state index in [-0.39, 0.29) is 12.5 Å². The topological polar surface area (TPSA) is 80.3 Å². The largest absolute Gasteiger partial charge is 0.455 e. The molecule has 3 aromatic rings. The van der Waals surface area contributed by atoms with Gasteiger partial charge in [-0.1, -0.05) is 6.07 Å². The van der Waals surface area contributed by atoms with Crippen molar-refractivity contribution in [3.8, 4) is 11.6 Å². The lowest BCUT2D eigenvalue weighted by Crippen LogP contribution is -2.14. The van der Waals surface area contributed by atoms with Gasteiger partial charge in [-0.05, 0) is 49.2 Å². The van der Waals surface area contributed by atoms with Crippen LogP contribution in [0.3, 0.4) is 0 Å². The quantitative estimate of drug-likeness (QED) is 0.722. The average Bonchev–Trinajstić information content (AvgIpc) is 3.24. The molecule has 25 heavy (non-hydrogen) atoms. The SMILES string of the molecule is Cc1ccc(NC(=O)CCn2ccnc2-c2ccc(CO)o2)cc1C. The van der Waals surface area contributed by atoms with Crippen LogP contribution in [0.2, 0.25) is 0 Å². The second-order valence-corrected chi connectivity index (χ2v) is 5.97. The monoisotopic (exact) mass is 339 g/mol. The molecule has 0 bridgehead atoms. The molecule has 0 aliphatic carbocycles. The number of nitrogens with zero attached hydrogens (tertiary/aromatic N) is 2. The highest BCUT2D eigenvalue weighted by Crippen LogP contribution is 2.21. The molecule has 130 valence electrons. The zero-order valence-corrected chi connectivity index (χ0v) is 14.3. The minimum Gasteiger partial charge on any atom is -0.455 e. The summed E-state index contributed by atoms with van der Waals surface area (Å²) in [6.07, 6.45) is 3.79. The van der Waals surface area contributed by atoms with Gasteiger partial charge >= 0.3 is 0 Å². The molecule has 0 saturated carbocycles. The Labute approximate surface area is 146 Å². The number of anilines is 1. The number of amides is 1. The summed E-state index contributed by atoms with van der Waals surface area (Å²) >= 11 is 0. The number of benzene rings is 1. The Morgan fingerprint density at radius 1 is 1.24 bits per heavy atom. The van der Waals surface area contributed by atoms with E-state index in [4.69, 9.17) is 9.52 Å². The predicted molar refractivity (Wildman–Crippen MR) is 95.0 cm³/mol. The Morgan fingerprint density at radius 3 is 2.80 bits per heavy atom. The van der Waals surface area contributed by atoms with Gasteiger partial charge in [-0.3, -0.25) is 4.79 Å². The van der Waals surface area contributed by atoms with E-state index in [2.05, 4.69) is 10.3 Å². The Kier molecular flexibility index (Phi) is 5.00. The van der Waals surface area contributed by atoms with E-state index < -0.39 is 0 Å². The van der Waals surface area contributed by atoms with Crippen molar-refractivity contribution in [1.29, 1.82) is 0 Å². The summed E-state index contributed by atoms with van der Waals surface area (Å²) in [5.41, 5.74) is 3.14. The lowest BCUT2D eigenvalue weighted by Gasteiger charge is -2.09. The van der Waals surface area contributed by atoms with E-state index in [1.807, 2.05) is 36.6 Å². The number of furan rings is 1. The van der Waals surface area contributed by atoms with Crippen LogP contribution in [0.25, 0.3) is 11.6 Å². The molecule has 2 N–H and O–H groups in total. The lowest BCUT2D eigenvalue weighted by molar-refractivity contribution is -0.116. The Balaban J connectivity index is 1.63. The van der Waals surface area contributed by atoms with E-state index >= 15 is 0 Å². The number of hydrogen-bond donors (Lipinski definition) is 2. The Morgan fingerprint density at radius 2 is 2.08 bits per heavy atom. The number of imidazole rings is 1. The van der Waals surface area contributed by atoms with Gasteiger partial charge < -0.3 is 19.4 Å². The Hall–Kier alpha value is -2.86. The number of carbonyl (C=O) groups is 1. The first-order valence-corrected chi connectivity index (χ1v) is 8.15. The number of aliphatic hydroxyl groups is 1. The van der Waals surface area contributed by atoms with Crippen LogP contribution in [-0.4, -0.2) is 20.6 Å². The maximum absolute atomic E-state index is 12.2. The number of nitrogens with one attached hydrogen (secondary N) is 1. The third kappa shape index (κ3) is 3.97. The molecule has 6 heteroatoms. The first-order chi connectivity index (χ1) is 12.1. The van der Waals surface area contributed by atoms with Crippen LogP contribution >= 0.6 is 0 Å². The van der Waals surface area contributed by atoms with E-state index in [9.17, 15) is 4.79 Å². The number of hydrogen-bond acceptors (Lipinski definition) is 4. The fraction of sp³-hybridized carbons (Fsp3) is 0.263. The zero-order valence-electron chi connectivity index (χ0n) is 14.3. The molecular weight excluding hydrogens is 318 g/mol. The third-order valence-electron chi connectivity index (χ3n) is 4.12. The summed E-state index contributed by atoms with van der Waals surface area (Å²) in [6, 6.07) is 9.34. The molecule has 3 rings (SSSR count). The number of carbonyl (C=O) groups excluding carboxylic acids is 1. The number of aliphatic hydroxyl groups excluding tert-OH is 1. The van der Waals surface area contributed by atoms with E-state index in [1.165, 1.54) is 5.56 Å². The number of aromatic nitrogens is 2.